The number of nitrogens with one attached hydrogen (secondary N) is 2. The van der Waals surface area contributed by atoms with Crippen molar-refractivity contribution in [3.8, 4) is 11.4 Å². The molecule has 1 aliphatic carbocycles. The van der Waals surface area contributed by atoms with Crippen molar-refractivity contribution in [1.82, 2.24) is 25.5 Å². The molecule has 4 rings (SSSR count). The molecule has 2 fully saturated rings. The van der Waals surface area contributed by atoms with E-state index >= 15 is 0 Å². The lowest BCUT2D eigenvalue weighted by molar-refractivity contribution is -0.119. The molecular formula is C17H22N6O3S. The van der Waals surface area contributed by atoms with Crippen molar-refractivity contribution in [3.63, 3.8) is 0 Å². The summed E-state index contributed by atoms with van der Waals surface area (Å²) in [6.45, 7) is 0.993. The van der Waals surface area contributed by atoms with Crippen LogP contribution in [0.4, 0.5) is 5.69 Å². The van der Waals surface area contributed by atoms with Crippen LogP contribution in [0.1, 0.15) is 31.7 Å². The predicted octanol–water partition coefficient (Wildman–Crippen LogP) is 0.780. The molecule has 2 aromatic rings. The molecule has 1 saturated heterocycles. The summed E-state index contributed by atoms with van der Waals surface area (Å²) in [5.41, 5.74) is 1.31. The maximum absolute atomic E-state index is 13.0. The monoisotopic (exact) mass is 390 g/mol. The average Bonchev–Trinajstić information content (AvgIpc) is 3.38. The van der Waals surface area contributed by atoms with E-state index in [0.717, 1.165) is 24.7 Å². The van der Waals surface area contributed by atoms with Crippen LogP contribution >= 0.6 is 0 Å². The number of anilines is 1. The number of rotatable bonds is 5. The molecule has 144 valence electrons. The largest absolute Gasteiger partial charge is 0.325 e. The van der Waals surface area contributed by atoms with Crippen molar-refractivity contribution in [3.05, 3.63) is 24.3 Å². The zero-order valence-corrected chi connectivity index (χ0v) is 15.9. The first-order valence-electron chi connectivity index (χ1n) is 9.01. The third kappa shape index (κ3) is 3.34. The van der Waals surface area contributed by atoms with Gasteiger partial charge in [0.2, 0.25) is 5.91 Å². The molecule has 2 aliphatic rings. The van der Waals surface area contributed by atoms with Crippen LogP contribution in [0, 0.1) is 0 Å². The van der Waals surface area contributed by atoms with Crippen molar-refractivity contribution in [1.29, 1.82) is 0 Å². The van der Waals surface area contributed by atoms with E-state index in [9.17, 15) is 13.2 Å². The molecule has 9 nitrogen and oxygen atoms in total. The number of nitrogens with zero attached hydrogens (tertiary/aromatic N) is 4. The third-order valence-electron chi connectivity index (χ3n) is 5.30. The van der Waals surface area contributed by atoms with Gasteiger partial charge >= 0.3 is 0 Å². The zero-order chi connectivity index (χ0) is 19.1. The van der Waals surface area contributed by atoms with Crippen molar-refractivity contribution < 1.29 is 13.2 Å². The van der Waals surface area contributed by atoms with Crippen LogP contribution < -0.4 is 10.6 Å². The fraction of sp³-hybridized carbons (Fsp3) is 0.529. The predicted molar refractivity (Wildman–Crippen MR) is 99.8 cm³/mol. The number of benzene rings is 1. The second kappa shape index (κ2) is 6.68. The number of carbonyl (C=O) groups is 1. The van der Waals surface area contributed by atoms with Gasteiger partial charge in [-0.05, 0) is 61.3 Å². The van der Waals surface area contributed by atoms with Gasteiger partial charge in [-0.1, -0.05) is 12.1 Å². The zero-order valence-electron chi connectivity index (χ0n) is 15.1. The molecule has 2 heterocycles. The van der Waals surface area contributed by atoms with Crippen LogP contribution in [0.15, 0.2) is 24.3 Å². The maximum atomic E-state index is 13.0. The Labute approximate surface area is 157 Å². The van der Waals surface area contributed by atoms with Gasteiger partial charge in [0, 0.05) is 17.5 Å². The van der Waals surface area contributed by atoms with Gasteiger partial charge in [0.25, 0.3) is 0 Å². The number of tetrazole rings is 1. The summed E-state index contributed by atoms with van der Waals surface area (Å²) in [6.07, 6.45) is 3.77. The van der Waals surface area contributed by atoms with Crippen LogP contribution in [-0.4, -0.2) is 58.6 Å². The van der Waals surface area contributed by atoms with Crippen molar-refractivity contribution in [2.24, 2.45) is 0 Å². The summed E-state index contributed by atoms with van der Waals surface area (Å²) in [5, 5.41) is 17.8. The van der Waals surface area contributed by atoms with Crippen LogP contribution in [0.2, 0.25) is 0 Å². The maximum Gasteiger partial charge on any atom is 0.245 e. The van der Waals surface area contributed by atoms with Gasteiger partial charge in [0.15, 0.2) is 20.4 Å². The molecule has 10 heteroatoms. The van der Waals surface area contributed by atoms with Gasteiger partial charge < -0.3 is 10.6 Å². The Hall–Kier alpha value is -2.33. The molecule has 1 aliphatic heterocycles. The molecule has 27 heavy (non-hydrogen) atoms. The highest BCUT2D eigenvalue weighted by molar-refractivity contribution is 7.92. The number of amides is 1. The average molecular weight is 390 g/mol. The minimum Gasteiger partial charge on any atom is -0.325 e. The number of sulfone groups is 1. The fourth-order valence-corrected chi connectivity index (χ4v) is 4.86. The van der Waals surface area contributed by atoms with E-state index in [1.807, 2.05) is 6.07 Å². The lowest BCUT2D eigenvalue weighted by Gasteiger charge is -2.34. The lowest BCUT2D eigenvalue weighted by atomic mass is 9.95. The van der Waals surface area contributed by atoms with Gasteiger partial charge in [-0.2, -0.15) is 0 Å². The number of hydrogen-bond donors (Lipinski definition) is 2. The SMILES string of the molecule is CS(=O)(=O)C1(C(=O)Nc2cccc(-c3nnnn3C3CC3)c2)CCNCC1. The minimum atomic E-state index is -3.56. The van der Waals surface area contributed by atoms with Gasteiger partial charge in [-0.25, -0.2) is 13.1 Å². The van der Waals surface area contributed by atoms with Crippen LogP contribution in [0.3, 0.4) is 0 Å². The van der Waals surface area contributed by atoms with Crippen molar-refractivity contribution in [2.75, 3.05) is 24.7 Å². The summed E-state index contributed by atoms with van der Waals surface area (Å²) in [4.78, 5) is 13.0. The highest BCUT2D eigenvalue weighted by Gasteiger charge is 2.48. The molecule has 1 saturated carbocycles. The Bertz CT molecular complexity index is 961. The lowest BCUT2D eigenvalue weighted by Crippen LogP contribution is -2.55. The Morgan fingerprint density at radius 2 is 2.04 bits per heavy atom. The second-order valence-corrected chi connectivity index (χ2v) is 9.56. The molecule has 0 bridgehead atoms. The normalized spacial score (nSPS) is 19.6. The van der Waals surface area contributed by atoms with E-state index in [1.165, 1.54) is 0 Å². The van der Waals surface area contributed by atoms with Crippen LogP contribution in [0.5, 0.6) is 0 Å². The molecular weight excluding hydrogens is 368 g/mol. The van der Waals surface area contributed by atoms with Crippen LogP contribution in [-0.2, 0) is 14.6 Å². The van der Waals surface area contributed by atoms with Crippen molar-refractivity contribution >= 4 is 21.4 Å². The smallest absolute Gasteiger partial charge is 0.245 e. The van der Waals surface area contributed by atoms with Gasteiger partial charge in [0.05, 0.1) is 6.04 Å². The Kier molecular flexibility index (Phi) is 4.47. The molecule has 2 N–H and O–H groups in total. The van der Waals surface area contributed by atoms with E-state index in [-0.39, 0.29) is 12.8 Å². The first kappa shape index (κ1) is 18.1. The van der Waals surface area contributed by atoms with Gasteiger partial charge in [-0.15, -0.1) is 5.10 Å². The van der Waals surface area contributed by atoms with E-state index < -0.39 is 20.5 Å². The molecule has 1 aromatic heterocycles. The van der Waals surface area contributed by atoms with E-state index in [2.05, 4.69) is 26.2 Å². The van der Waals surface area contributed by atoms with E-state index in [4.69, 9.17) is 0 Å². The minimum absolute atomic E-state index is 0.261. The second-order valence-electron chi connectivity index (χ2n) is 7.23. The molecule has 1 amide bonds. The highest BCUT2D eigenvalue weighted by atomic mass is 32.2. The summed E-state index contributed by atoms with van der Waals surface area (Å²) in [7, 11) is -3.56. The molecule has 0 spiro atoms. The molecule has 0 radical (unpaired) electrons. The first-order chi connectivity index (χ1) is 12.9. The fourth-order valence-electron chi connectivity index (χ4n) is 3.53. The van der Waals surface area contributed by atoms with E-state index in [1.54, 1.807) is 22.9 Å². The van der Waals surface area contributed by atoms with Gasteiger partial charge in [0.1, 0.15) is 0 Å². The van der Waals surface area contributed by atoms with Crippen LogP contribution in [0.25, 0.3) is 11.4 Å². The first-order valence-corrected chi connectivity index (χ1v) is 10.9. The Balaban J connectivity index is 1.61. The van der Waals surface area contributed by atoms with Crippen molar-refractivity contribution in [2.45, 2.75) is 36.5 Å². The number of aromatic nitrogens is 4. The summed E-state index contributed by atoms with van der Waals surface area (Å²) >= 11 is 0. The number of piperidine rings is 1. The summed E-state index contributed by atoms with van der Waals surface area (Å²) in [5.74, 6) is 0.165. The number of carbonyl (C=O) groups excluding carboxylic acids is 1. The number of hydrogen-bond acceptors (Lipinski definition) is 7. The van der Waals surface area contributed by atoms with E-state index in [0.29, 0.717) is 30.6 Å². The highest BCUT2D eigenvalue weighted by Crippen LogP contribution is 2.37. The standard InChI is InChI=1S/C17H22N6O3S/c1-27(25,26)17(7-9-18-10-8-17)16(24)19-13-4-2-3-12(11-13)15-20-21-22-23(15)14-5-6-14/h2-4,11,14,18H,5-10H2,1H3,(H,19,24). The topological polar surface area (TPSA) is 119 Å². The molecule has 1 aromatic carbocycles. The van der Waals surface area contributed by atoms with Gasteiger partial charge in [-0.3, -0.25) is 4.79 Å². The Morgan fingerprint density at radius 3 is 2.70 bits per heavy atom. The quantitative estimate of drug-likeness (QED) is 0.774. The third-order valence-corrected chi connectivity index (χ3v) is 7.31. The Morgan fingerprint density at radius 1 is 1.30 bits per heavy atom. The molecule has 0 atom stereocenters. The molecule has 0 unspecified atom stereocenters. The summed E-state index contributed by atoms with van der Waals surface area (Å²) in [6, 6.07) is 7.52. The summed E-state index contributed by atoms with van der Waals surface area (Å²) < 4.78 is 25.2.